The van der Waals surface area contributed by atoms with Gasteiger partial charge < -0.3 is 0 Å². The van der Waals surface area contributed by atoms with Gasteiger partial charge in [-0.05, 0) is 190 Å². The molecule has 0 amide bonds. The van der Waals surface area contributed by atoms with E-state index in [2.05, 4.69) is 109 Å². The standard InChI is InChI=1S/C48H30/c1-4-10-34-25(7-1)13-28-16-31-19-43-46(40(31)22-37(28)34)44-20-32-17-29-14-26-8-3-6-12-36(26)39(29)24-42(32)48(44)45-21-33-18-30-15-27-9-2-5-11-35(27)38(30)23-41(33)47(43)45/h1-12,16-18,22-24H,13-15,19-21H2. The molecule has 0 bridgehead atoms. The average molecular weight is 607 g/mol. The predicted molar refractivity (Wildman–Crippen MR) is 196 cm³/mol. The Balaban J connectivity index is 1.10. The Morgan fingerprint density at radius 3 is 0.854 bits per heavy atom. The van der Waals surface area contributed by atoms with Gasteiger partial charge in [0.15, 0.2) is 0 Å². The van der Waals surface area contributed by atoms with Gasteiger partial charge in [-0.15, -0.1) is 0 Å². The van der Waals surface area contributed by atoms with E-state index in [1.807, 2.05) is 0 Å². The fourth-order valence-corrected chi connectivity index (χ4v) is 10.8. The van der Waals surface area contributed by atoms with Gasteiger partial charge in [0, 0.05) is 0 Å². The maximum atomic E-state index is 2.59. The van der Waals surface area contributed by atoms with Crippen LogP contribution in [0.2, 0.25) is 0 Å². The van der Waals surface area contributed by atoms with Crippen LogP contribution in [0.5, 0.6) is 0 Å². The molecule has 0 atom stereocenters. The van der Waals surface area contributed by atoms with Crippen molar-refractivity contribution in [3.63, 3.8) is 0 Å². The first-order chi connectivity index (χ1) is 23.7. The minimum atomic E-state index is 1.04. The van der Waals surface area contributed by atoms with E-state index in [9.17, 15) is 0 Å². The molecule has 48 heavy (non-hydrogen) atoms. The quantitative estimate of drug-likeness (QED) is 0.161. The average Bonchev–Trinajstić information content (AvgIpc) is 3.94. The van der Waals surface area contributed by atoms with Crippen molar-refractivity contribution >= 4 is 0 Å². The van der Waals surface area contributed by atoms with Crippen molar-refractivity contribution in [1.82, 2.24) is 0 Å². The van der Waals surface area contributed by atoms with E-state index in [1.165, 1.54) is 100 Å². The Morgan fingerprint density at radius 1 is 0.229 bits per heavy atom. The molecule has 0 saturated heterocycles. The Morgan fingerprint density at radius 2 is 0.521 bits per heavy atom. The first-order valence-corrected chi connectivity index (χ1v) is 17.7. The molecule has 7 aromatic rings. The largest absolute Gasteiger partial charge is 0.0619 e. The van der Waals surface area contributed by atoms with Gasteiger partial charge in [0.2, 0.25) is 0 Å². The van der Waals surface area contributed by atoms with Gasteiger partial charge in [-0.3, -0.25) is 0 Å². The van der Waals surface area contributed by atoms with Crippen LogP contribution in [-0.4, -0.2) is 0 Å². The molecule has 0 fully saturated rings. The molecule has 6 aliphatic carbocycles. The number of hydrogen-bond acceptors (Lipinski definition) is 0. The van der Waals surface area contributed by atoms with Crippen molar-refractivity contribution in [2.24, 2.45) is 0 Å². The molecule has 0 heterocycles. The van der Waals surface area contributed by atoms with Crippen molar-refractivity contribution in [3.05, 3.63) is 176 Å². The van der Waals surface area contributed by atoms with Crippen LogP contribution in [0.15, 0.2) is 109 Å². The summed E-state index contributed by atoms with van der Waals surface area (Å²) in [5.74, 6) is 0. The van der Waals surface area contributed by atoms with E-state index in [0.717, 1.165) is 38.5 Å². The summed E-state index contributed by atoms with van der Waals surface area (Å²) in [5, 5.41) is 0. The minimum Gasteiger partial charge on any atom is -0.0619 e. The summed E-state index contributed by atoms with van der Waals surface area (Å²) >= 11 is 0. The summed E-state index contributed by atoms with van der Waals surface area (Å²) in [6, 6.07) is 42.7. The molecule has 0 radical (unpaired) electrons. The number of benzene rings is 7. The van der Waals surface area contributed by atoms with Gasteiger partial charge in [-0.1, -0.05) is 91.0 Å². The van der Waals surface area contributed by atoms with Crippen molar-refractivity contribution in [1.29, 1.82) is 0 Å². The maximum Gasteiger partial charge on any atom is -0.000695 e. The van der Waals surface area contributed by atoms with Crippen molar-refractivity contribution in [2.45, 2.75) is 38.5 Å². The van der Waals surface area contributed by atoms with Gasteiger partial charge in [-0.2, -0.15) is 0 Å². The van der Waals surface area contributed by atoms with E-state index >= 15 is 0 Å². The van der Waals surface area contributed by atoms with Gasteiger partial charge in [-0.25, -0.2) is 0 Å². The predicted octanol–water partition coefficient (Wildman–Crippen LogP) is 11.1. The van der Waals surface area contributed by atoms with Crippen LogP contribution in [-0.2, 0) is 38.5 Å². The summed E-state index contributed by atoms with van der Waals surface area (Å²) in [4.78, 5) is 0. The summed E-state index contributed by atoms with van der Waals surface area (Å²) in [5.41, 5.74) is 36.1. The van der Waals surface area contributed by atoms with Crippen LogP contribution in [0.4, 0.5) is 0 Å². The lowest BCUT2D eigenvalue weighted by Gasteiger charge is -2.18. The molecule has 7 aromatic carbocycles. The third-order valence-electron chi connectivity index (χ3n) is 12.8. The zero-order valence-electron chi connectivity index (χ0n) is 26.6. The van der Waals surface area contributed by atoms with Crippen LogP contribution >= 0.6 is 0 Å². The Kier molecular flexibility index (Phi) is 4.28. The number of hydrogen-bond donors (Lipinski definition) is 0. The second kappa shape index (κ2) is 8.33. The van der Waals surface area contributed by atoms with Crippen LogP contribution in [0, 0.1) is 0 Å². The zero-order valence-corrected chi connectivity index (χ0v) is 26.6. The highest BCUT2D eigenvalue weighted by Gasteiger charge is 2.39. The molecule has 0 aliphatic heterocycles. The molecule has 0 N–H and O–H groups in total. The van der Waals surface area contributed by atoms with Crippen molar-refractivity contribution in [2.75, 3.05) is 0 Å². The summed E-state index contributed by atoms with van der Waals surface area (Å²) in [6.45, 7) is 0. The number of rotatable bonds is 0. The van der Waals surface area contributed by atoms with Crippen molar-refractivity contribution < 1.29 is 0 Å². The maximum absolute atomic E-state index is 2.59. The molecule has 13 rings (SSSR count). The van der Waals surface area contributed by atoms with E-state index in [-0.39, 0.29) is 0 Å². The normalized spacial score (nSPS) is 15.0. The lowest BCUT2D eigenvalue weighted by Crippen LogP contribution is -1.97. The molecule has 0 spiro atoms. The topological polar surface area (TPSA) is 0 Å². The highest BCUT2D eigenvalue weighted by molar-refractivity contribution is 6.03. The van der Waals surface area contributed by atoms with Crippen LogP contribution < -0.4 is 0 Å². The van der Waals surface area contributed by atoms with Crippen LogP contribution in [0.3, 0.4) is 0 Å². The molecular formula is C48H30. The highest BCUT2D eigenvalue weighted by Crippen LogP contribution is 2.59. The Hall–Kier alpha value is -5.46. The van der Waals surface area contributed by atoms with Gasteiger partial charge >= 0.3 is 0 Å². The molecule has 0 unspecified atom stereocenters. The second-order valence-corrected chi connectivity index (χ2v) is 15.1. The summed E-state index contributed by atoms with van der Waals surface area (Å²) < 4.78 is 0. The van der Waals surface area contributed by atoms with E-state index in [4.69, 9.17) is 0 Å². The monoisotopic (exact) mass is 606 g/mol. The highest BCUT2D eigenvalue weighted by atomic mass is 14.4. The van der Waals surface area contributed by atoms with Crippen LogP contribution in [0.25, 0.3) is 66.8 Å². The van der Waals surface area contributed by atoms with Gasteiger partial charge in [0.25, 0.3) is 0 Å². The lowest BCUT2D eigenvalue weighted by atomic mass is 9.85. The van der Waals surface area contributed by atoms with Gasteiger partial charge in [0.1, 0.15) is 0 Å². The minimum absolute atomic E-state index is 1.04. The Bertz CT molecular complexity index is 2400. The van der Waals surface area contributed by atoms with E-state index in [0.29, 0.717) is 0 Å². The second-order valence-electron chi connectivity index (χ2n) is 15.1. The third kappa shape index (κ3) is 2.91. The molecule has 0 nitrogen and oxygen atoms in total. The summed E-state index contributed by atoms with van der Waals surface area (Å²) in [7, 11) is 0. The van der Waals surface area contributed by atoms with E-state index in [1.54, 1.807) is 33.4 Å². The molecule has 0 aromatic heterocycles. The third-order valence-corrected chi connectivity index (χ3v) is 12.8. The fraction of sp³-hybridized carbons (Fsp3) is 0.125. The zero-order chi connectivity index (χ0) is 30.8. The molecular weight excluding hydrogens is 577 g/mol. The smallest absolute Gasteiger partial charge is 0.000695 e. The molecule has 6 aliphatic rings. The van der Waals surface area contributed by atoms with E-state index < -0.39 is 0 Å². The van der Waals surface area contributed by atoms with Crippen LogP contribution in [0.1, 0.15) is 66.8 Å². The fourth-order valence-electron chi connectivity index (χ4n) is 10.8. The SMILES string of the molecule is c1ccc2c(c1)Cc1cc3c(cc1-2)-c1c2c(c4c(c1C3)-c1cc3c(cc1C4)Cc1ccccc1-3)-c1cc3c(cc1C2)Cc1ccccc1-3. The van der Waals surface area contributed by atoms with Crippen molar-refractivity contribution in [3.8, 4) is 66.8 Å². The summed E-state index contributed by atoms with van der Waals surface area (Å²) in [6.07, 6.45) is 6.28. The molecule has 0 saturated carbocycles. The first kappa shape index (κ1) is 24.7. The Labute approximate surface area is 280 Å². The number of fused-ring (bicyclic) bond motifs is 21. The molecule has 222 valence electrons. The van der Waals surface area contributed by atoms with Gasteiger partial charge in [0.05, 0.1) is 0 Å². The lowest BCUT2D eigenvalue weighted by molar-refractivity contribution is 1.19. The first-order valence-electron chi connectivity index (χ1n) is 17.7. The molecule has 0 heteroatoms.